The summed E-state index contributed by atoms with van der Waals surface area (Å²) in [4.78, 5) is 17.0. The van der Waals surface area contributed by atoms with E-state index in [0.29, 0.717) is 24.0 Å². The Balaban J connectivity index is 1.38. The summed E-state index contributed by atoms with van der Waals surface area (Å²) in [7, 11) is 0. The maximum Gasteiger partial charge on any atom is 0.264 e. The molecular weight excluding hydrogens is 354 g/mol. The van der Waals surface area contributed by atoms with Gasteiger partial charge in [-0.15, -0.1) is 0 Å². The van der Waals surface area contributed by atoms with Crippen LogP contribution in [-0.2, 0) is 17.8 Å². The molecule has 0 fully saturated rings. The number of hydrogen-bond donors (Lipinski definition) is 1. The Morgan fingerprint density at radius 3 is 2.89 bits per heavy atom. The van der Waals surface area contributed by atoms with Crippen LogP contribution in [0.4, 0.5) is 0 Å². The molecule has 0 bridgehead atoms. The minimum Gasteiger partial charge on any atom is -0.485 e. The molecule has 1 N–H and O–H groups in total. The van der Waals surface area contributed by atoms with E-state index in [1.54, 1.807) is 0 Å². The fourth-order valence-corrected chi connectivity index (χ4v) is 3.51. The van der Waals surface area contributed by atoms with Gasteiger partial charge in [0.15, 0.2) is 11.5 Å². The molecule has 0 saturated heterocycles. The zero-order valence-corrected chi connectivity index (χ0v) is 16.2. The molecule has 1 amide bonds. The number of rotatable bonds is 6. The van der Waals surface area contributed by atoms with Crippen molar-refractivity contribution in [3.8, 4) is 11.5 Å². The summed E-state index contributed by atoms with van der Waals surface area (Å²) in [6.07, 6.45) is 4.09. The molecule has 3 aromatic rings. The third-order valence-corrected chi connectivity index (χ3v) is 4.77. The summed E-state index contributed by atoms with van der Waals surface area (Å²) in [6, 6.07) is 11.4. The molecule has 28 heavy (non-hydrogen) atoms. The third-order valence-electron chi connectivity index (χ3n) is 4.77. The maximum atomic E-state index is 12.5. The third kappa shape index (κ3) is 3.81. The van der Waals surface area contributed by atoms with Crippen LogP contribution in [0.2, 0.25) is 0 Å². The first-order valence-corrected chi connectivity index (χ1v) is 9.70. The number of para-hydroxylation sites is 2. The van der Waals surface area contributed by atoms with Crippen molar-refractivity contribution in [2.45, 2.75) is 32.9 Å². The fraction of sp³-hybridized carbons (Fsp3) is 0.364. The van der Waals surface area contributed by atoms with E-state index < -0.39 is 6.10 Å². The van der Waals surface area contributed by atoms with Crippen LogP contribution < -0.4 is 14.8 Å². The Morgan fingerprint density at radius 1 is 1.25 bits per heavy atom. The van der Waals surface area contributed by atoms with Crippen LogP contribution >= 0.6 is 0 Å². The second-order valence-electron chi connectivity index (χ2n) is 7.48. The summed E-state index contributed by atoms with van der Waals surface area (Å²) in [5.41, 5.74) is 2.19. The van der Waals surface area contributed by atoms with Crippen LogP contribution in [0, 0.1) is 5.92 Å². The van der Waals surface area contributed by atoms with E-state index in [2.05, 4.69) is 41.0 Å². The fourth-order valence-electron chi connectivity index (χ4n) is 3.51. The number of benzene rings is 1. The average molecular weight is 379 g/mol. The lowest BCUT2D eigenvalue weighted by Gasteiger charge is -2.25. The minimum absolute atomic E-state index is 0.154. The number of fused-ring (bicyclic) bond motifs is 2. The molecule has 6 heteroatoms. The zero-order valence-electron chi connectivity index (χ0n) is 16.2. The summed E-state index contributed by atoms with van der Waals surface area (Å²) in [6.45, 7) is 6.07. The lowest BCUT2D eigenvalue weighted by Crippen LogP contribution is -2.44. The highest BCUT2D eigenvalue weighted by Gasteiger charge is 2.26. The van der Waals surface area contributed by atoms with Crippen molar-refractivity contribution in [3.63, 3.8) is 0 Å². The number of carbonyl (C=O) groups excluding carboxylic acids is 1. The second kappa shape index (κ2) is 7.92. The molecule has 3 heterocycles. The van der Waals surface area contributed by atoms with Crippen molar-refractivity contribution in [3.05, 3.63) is 54.4 Å². The van der Waals surface area contributed by atoms with Gasteiger partial charge in [0, 0.05) is 30.9 Å². The smallest absolute Gasteiger partial charge is 0.264 e. The number of nitrogens with zero attached hydrogens (tertiary/aromatic N) is 2. The van der Waals surface area contributed by atoms with E-state index in [9.17, 15) is 4.79 Å². The molecule has 1 aromatic carbocycles. The number of amides is 1. The minimum atomic E-state index is -0.626. The van der Waals surface area contributed by atoms with E-state index >= 15 is 0 Å². The first-order valence-electron chi connectivity index (χ1n) is 9.70. The largest absolute Gasteiger partial charge is 0.485 e. The van der Waals surface area contributed by atoms with Crippen molar-refractivity contribution in [1.82, 2.24) is 14.9 Å². The van der Waals surface area contributed by atoms with Gasteiger partial charge in [-0.3, -0.25) is 4.79 Å². The highest BCUT2D eigenvalue weighted by molar-refractivity contribution is 5.82. The number of hydrogen-bond acceptors (Lipinski definition) is 4. The Hall–Kier alpha value is -3.02. The first-order chi connectivity index (χ1) is 13.6. The lowest BCUT2D eigenvalue weighted by molar-refractivity contribution is -0.130. The molecule has 146 valence electrons. The molecule has 0 spiro atoms. The van der Waals surface area contributed by atoms with Gasteiger partial charge in [-0.2, -0.15) is 0 Å². The highest BCUT2D eigenvalue weighted by Crippen LogP contribution is 2.30. The van der Waals surface area contributed by atoms with Gasteiger partial charge < -0.3 is 19.4 Å². The van der Waals surface area contributed by atoms with Gasteiger partial charge >= 0.3 is 0 Å². The molecular formula is C22H25N3O3. The van der Waals surface area contributed by atoms with Gasteiger partial charge in [-0.1, -0.05) is 26.0 Å². The van der Waals surface area contributed by atoms with Crippen LogP contribution in [0.1, 0.15) is 19.4 Å². The summed E-state index contributed by atoms with van der Waals surface area (Å²) in [5.74, 6) is 1.67. The Labute approximate surface area is 164 Å². The van der Waals surface area contributed by atoms with Gasteiger partial charge in [0.25, 0.3) is 5.91 Å². The van der Waals surface area contributed by atoms with Crippen LogP contribution in [0.5, 0.6) is 11.5 Å². The average Bonchev–Trinajstić information content (AvgIpc) is 3.04. The Kier molecular flexibility index (Phi) is 5.19. The molecule has 0 aliphatic carbocycles. The SMILES string of the molecule is CC(C)Cn1cc(CCNC(=O)[C@@H]2COc3ccccc3O2)c2cccnc21. The number of nitrogens with one attached hydrogen (secondary N) is 1. The van der Waals surface area contributed by atoms with Crippen molar-refractivity contribution in [1.29, 1.82) is 0 Å². The van der Waals surface area contributed by atoms with Gasteiger partial charge in [0.2, 0.25) is 6.10 Å². The normalized spacial score (nSPS) is 15.8. The molecule has 1 aliphatic rings. The molecule has 0 saturated carbocycles. The predicted octanol–water partition coefficient (Wildman–Crippen LogP) is 3.19. The van der Waals surface area contributed by atoms with Crippen LogP contribution in [0.3, 0.4) is 0 Å². The van der Waals surface area contributed by atoms with Crippen molar-refractivity contribution in [2.75, 3.05) is 13.2 Å². The summed E-state index contributed by atoms with van der Waals surface area (Å²) >= 11 is 0. The molecule has 1 atom stereocenters. The van der Waals surface area contributed by atoms with Gasteiger partial charge in [-0.25, -0.2) is 4.98 Å². The summed E-state index contributed by atoms with van der Waals surface area (Å²) < 4.78 is 13.6. The molecule has 0 unspecified atom stereocenters. The molecule has 1 aliphatic heterocycles. The molecule has 4 rings (SSSR count). The quantitative estimate of drug-likeness (QED) is 0.714. The molecule has 0 radical (unpaired) electrons. The maximum absolute atomic E-state index is 12.5. The number of pyridine rings is 1. The van der Waals surface area contributed by atoms with Gasteiger partial charge in [0.05, 0.1) is 0 Å². The standard InChI is InChI=1S/C22H25N3O3/c1-15(2)12-25-13-16(17-6-5-10-23-21(17)25)9-11-24-22(26)20-14-27-18-7-3-4-8-19(18)28-20/h3-8,10,13,15,20H,9,11-12,14H2,1-2H3,(H,24,26)/t20-/m0/s1. The monoisotopic (exact) mass is 379 g/mol. The molecule has 6 nitrogen and oxygen atoms in total. The zero-order chi connectivity index (χ0) is 19.5. The summed E-state index contributed by atoms with van der Waals surface area (Å²) in [5, 5.41) is 4.12. The van der Waals surface area contributed by atoms with E-state index in [1.807, 2.05) is 36.5 Å². The topological polar surface area (TPSA) is 65.4 Å². The van der Waals surface area contributed by atoms with E-state index in [-0.39, 0.29) is 12.5 Å². The van der Waals surface area contributed by atoms with Crippen molar-refractivity contribution in [2.24, 2.45) is 5.92 Å². The highest BCUT2D eigenvalue weighted by atomic mass is 16.6. The lowest BCUT2D eigenvalue weighted by atomic mass is 10.1. The van der Waals surface area contributed by atoms with Gasteiger partial charge in [0.1, 0.15) is 12.3 Å². The predicted molar refractivity (Wildman–Crippen MR) is 108 cm³/mol. The Morgan fingerprint density at radius 2 is 2.07 bits per heavy atom. The van der Waals surface area contributed by atoms with Crippen molar-refractivity contribution >= 4 is 16.9 Å². The molecule has 2 aromatic heterocycles. The van der Waals surface area contributed by atoms with Crippen LogP contribution in [0.15, 0.2) is 48.8 Å². The second-order valence-corrected chi connectivity index (χ2v) is 7.48. The van der Waals surface area contributed by atoms with Crippen LogP contribution in [0.25, 0.3) is 11.0 Å². The van der Waals surface area contributed by atoms with E-state index in [0.717, 1.165) is 24.0 Å². The number of ether oxygens (including phenoxy) is 2. The number of aromatic nitrogens is 2. The van der Waals surface area contributed by atoms with Gasteiger partial charge in [-0.05, 0) is 42.2 Å². The first kappa shape index (κ1) is 18.3. The number of carbonyl (C=O) groups is 1. The van der Waals surface area contributed by atoms with Crippen molar-refractivity contribution < 1.29 is 14.3 Å². The van der Waals surface area contributed by atoms with E-state index in [1.165, 1.54) is 5.56 Å². The van der Waals surface area contributed by atoms with E-state index in [4.69, 9.17) is 9.47 Å². The van der Waals surface area contributed by atoms with Crippen LogP contribution in [-0.4, -0.2) is 34.7 Å². The Bertz CT molecular complexity index is 980.